The maximum absolute atomic E-state index is 4.72. The van der Waals surface area contributed by atoms with Gasteiger partial charge in [-0.2, -0.15) is 0 Å². The normalized spacial score (nSPS) is 14.2. The summed E-state index contributed by atoms with van der Waals surface area (Å²) >= 11 is 0. The van der Waals surface area contributed by atoms with Crippen molar-refractivity contribution in [2.45, 2.75) is 24.7 Å². The van der Waals surface area contributed by atoms with Crippen LogP contribution in [-0.2, 0) is 10.8 Å². The second-order valence-electron chi connectivity index (χ2n) is 19.7. The molecule has 3 heteroatoms. The van der Waals surface area contributed by atoms with Crippen molar-refractivity contribution in [2.24, 2.45) is 0 Å². The lowest BCUT2D eigenvalue weighted by molar-refractivity contribution is 0.726. The van der Waals surface area contributed by atoms with Gasteiger partial charge in [0, 0.05) is 38.6 Å². The van der Waals surface area contributed by atoms with Gasteiger partial charge in [-0.15, -0.1) is 0 Å². The molecule has 73 heavy (non-hydrogen) atoms. The average molecular weight is 934 g/mol. The standard InChI is InChI=1S/C70H51N3/c1-4-5-38-62(47(2)3)71(52-41-43-65-60(45-52)69(48-24-10-6-11-25-48,49-26-12-7-13-27-49)58-36-22-34-56-54-32-18-20-39-63(54)72(65)67(56)58)53-42-44-66-61(46-53)70(50-28-14-8-15-29-50,51-30-16-9-17-31-51)59-37-23-35-57-55-33-19-21-40-64(55)73(66)68(57)59/h4-46H,2H2,1,3H3. The van der Waals surface area contributed by atoms with Crippen molar-refractivity contribution < 1.29 is 0 Å². The Kier molecular flexibility index (Phi) is 9.62. The van der Waals surface area contributed by atoms with Crippen molar-refractivity contribution in [3.63, 3.8) is 0 Å². The fraction of sp³-hybridized carbons (Fsp3) is 0.0571. The van der Waals surface area contributed by atoms with E-state index in [4.69, 9.17) is 6.58 Å². The SMILES string of the molecule is C=C(C)C(=CC=CC)N(c1ccc2c(c1)C(c1ccccc1)(c1ccccc1)c1cccc3c4ccccc4n-2c13)c1ccc2c(c1)C(c1ccccc1)(c1ccccc1)c1cccc3c4ccccc4n-2c13. The number of aromatic nitrogens is 2. The highest BCUT2D eigenvalue weighted by molar-refractivity contribution is 6.13. The monoisotopic (exact) mass is 933 g/mol. The van der Waals surface area contributed by atoms with E-state index in [-0.39, 0.29) is 0 Å². The van der Waals surface area contributed by atoms with Gasteiger partial charge in [0.1, 0.15) is 0 Å². The lowest BCUT2D eigenvalue weighted by Gasteiger charge is -2.43. The Bertz CT molecular complexity index is 3890. The summed E-state index contributed by atoms with van der Waals surface area (Å²) in [4.78, 5) is 2.46. The van der Waals surface area contributed by atoms with Gasteiger partial charge in [-0.1, -0.05) is 213 Å². The quantitative estimate of drug-likeness (QED) is 0.131. The number of nitrogens with zero attached hydrogens (tertiary/aromatic N) is 3. The Morgan fingerprint density at radius 2 is 0.781 bits per heavy atom. The first-order valence-electron chi connectivity index (χ1n) is 25.4. The summed E-state index contributed by atoms with van der Waals surface area (Å²) in [6.07, 6.45) is 6.47. The topological polar surface area (TPSA) is 13.1 Å². The van der Waals surface area contributed by atoms with E-state index in [2.05, 4.69) is 289 Å². The summed E-state index contributed by atoms with van der Waals surface area (Å²) in [5, 5.41) is 5.00. The van der Waals surface area contributed by atoms with Crippen molar-refractivity contribution in [1.82, 2.24) is 9.13 Å². The molecular formula is C70H51N3. The lowest BCUT2D eigenvalue weighted by Crippen LogP contribution is -2.36. The molecule has 0 saturated heterocycles. The van der Waals surface area contributed by atoms with Crippen molar-refractivity contribution in [2.75, 3.05) is 4.90 Å². The van der Waals surface area contributed by atoms with Gasteiger partial charge < -0.3 is 14.0 Å². The minimum atomic E-state index is -0.684. The molecule has 12 aromatic rings. The fourth-order valence-electron chi connectivity index (χ4n) is 13.1. The molecule has 0 aliphatic carbocycles. The molecule has 0 fully saturated rings. The third kappa shape index (κ3) is 5.88. The Labute approximate surface area is 426 Å². The predicted molar refractivity (Wildman–Crippen MR) is 305 cm³/mol. The number of para-hydroxylation sites is 4. The minimum Gasteiger partial charge on any atom is -0.310 e. The summed E-state index contributed by atoms with van der Waals surface area (Å²) in [5.74, 6) is 0. The lowest BCUT2D eigenvalue weighted by atomic mass is 9.63. The zero-order valence-electron chi connectivity index (χ0n) is 40.9. The molecule has 0 unspecified atom stereocenters. The molecule has 0 amide bonds. The van der Waals surface area contributed by atoms with Gasteiger partial charge in [0.15, 0.2) is 0 Å². The van der Waals surface area contributed by atoms with Crippen LogP contribution in [-0.4, -0.2) is 9.13 Å². The van der Waals surface area contributed by atoms with Crippen LogP contribution < -0.4 is 4.90 Å². The molecule has 10 aromatic carbocycles. The predicted octanol–water partition coefficient (Wildman–Crippen LogP) is 17.4. The molecule has 0 spiro atoms. The van der Waals surface area contributed by atoms with E-state index in [1.807, 2.05) is 0 Å². The molecule has 0 saturated carbocycles. The molecule has 3 nitrogen and oxygen atoms in total. The zero-order chi connectivity index (χ0) is 48.8. The van der Waals surface area contributed by atoms with Gasteiger partial charge in [0.25, 0.3) is 0 Å². The maximum Gasteiger partial charge on any atom is 0.0743 e. The molecule has 2 aliphatic heterocycles. The molecular weight excluding hydrogens is 883 g/mol. The Morgan fingerprint density at radius 1 is 0.411 bits per heavy atom. The first-order valence-corrected chi connectivity index (χ1v) is 25.4. The van der Waals surface area contributed by atoms with Crippen LogP contribution in [0.4, 0.5) is 11.4 Å². The van der Waals surface area contributed by atoms with Gasteiger partial charge in [-0.05, 0) is 119 Å². The molecule has 0 N–H and O–H groups in total. The fourth-order valence-corrected chi connectivity index (χ4v) is 13.1. The van der Waals surface area contributed by atoms with E-state index in [0.29, 0.717) is 0 Å². The van der Waals surface area contributed by atoms with Crippen molar-refractivity contribution in [3.8, 4) is 11.4 Å². The van der Waals surface area contributed by atoms with Crippen LogP contribution in [0.5, 0.6) is 0 Å². The Hall–Kier alpha value is -9.18. The van der Waals surface area contributed by atoms with Crippen LogP contribution in [0.3, 0.4) is 0 Å². The summed E-state index contributed by atoms with van der Waals surface area (Å²) < 4.78 is 5.05. The van der Waals surface area contributed by atoms with E-state index >= 15 is 0 Å². The van der Waals surface area contributed by atoms with Gasteiger partial charge in [0.05, 0.1) is 44.3 Å². The molecule has 14 rings (SSSR count). The third-order valence-electron chi connectivity index (χ3n) is 15.9. The second kappa shape index (κ2) is 16.4. The van der Waals surface area contributed by atoms with E-state index in [1.54, 1.807) is 0 Å². The van der Waals surface area contributed by atoms with Crippen LogP contribution in [0.2, 0.25) is 0 Å². The maximum atomic E-state index is 4.72. The molecule has 2 aromatic heterocycles. The Balaban J connectivity index is 1.12. The Morgan fingerprint density at radius 3 is 1.16 bits per heavy atom. The zero-order valence-corrected chi connectivity index (χ0v) is 40.9. The van der Waals surface area contributed by atoms with Crippen molar-refractivity contribution >= 4 is 55.0 Å². The van der Waals surface area contributed by atoms with Crippen molar-refractivity contribution in [1.29, 1.82) is 0 Å². The highest BCUT2D eigenvalue weighted by atomic mass is 15.2. The van der Waals surface area contributed by atoms with Crippen LogP contribution in [0.15, 0.2) is 279 Å². The second-order valence-corrected chi connectivity index (χ2v) is 19.7. The highest BCUT2D eigenvalue weighted by Crippen LogP contribution is 2.58. The van der Waals surface area contributed by atoms with E-state index < -0.39 is 10.8 Å². The molecule has 0 bridgehead atoms. The number of allylic oxidation sites excluding steroid dienone is 4. The summed E-state index contributed by atoms with van der Waals surface area (Å²) in [6, 6.07) is 90.6. The summed E-state index contributed by atoms with van der Waals surface area (Å²) in [5.41, 5.74) is 19.6. The average Bonchev–Trinajstić information content (AvgIpc) is 3.99. The number of anilines is 2. The summed E-state index contributed by atoms with van der Waals surface area (Å²) in [7, 11) is 0. The minimum absolute atomic E-state index is 0.684. The van der Waals surface area contributed by atoms with Crippen LogP contribution in [0, 0.1) is 0 Å². The molecule has 0 atom stereocenters. The van der Waals surface area contributed by atoms with E-state index in [1.165, 1.54) is 88.1 Å². The number of hydrogen-bond acceptors (Lipinski definition) is 1. The first kappa shape index (κ1) is 42.7. The van der Waals surface area contributed by atoms with Gasteiger partial charge in [-0.25, -0.2) is 0 Å². The molecule has 346 valence electrons. The van der Waals surface area contributed by atoms with Crippen molar-refractivity contribution in [3.05, 3.63) is 323 Å². The number of hydrogen-bond donors (Lipinski definition) is 0. The summed E-state index contributed by atoms with van der Waals surface area (Å²) in [6.45, 7) is 8.93. The number of fused-ring (bicyclic) bond motifs is 10. The number of benzene rings is 10. The third-order valence-corrected chi connectivity index (χ3v) is 15.9. The van der Waals surface area contributed by atoms with E-state index in [0.717, 1.165) is 34.0 Å². The smallest absolute Gasteiger partial charge is 0.0743 e. The van der Waals surface area contributed by atoms with Crippen LogP contribution >= 0.6 is 0 Å². The molecule has 2 aliphatic rings. The first-order chi connectivity index (χ1) is 36.0. The van der Waals surface area contributed by atoms with Gasteiger partial charge >= 0.3 is 0 Å². The van der Waals surface area contributed by atoms with Crippen LogP contribution in [0.25, 0.3) is 55.0 Å². The van der Waals surface area contributed by atoms with Gasteiger partial charge in [0.2, 0.25) is 0 Å². The number of rotatable bonds is 9. The highest BCUT2D eigenvalue weighted by Gasteiger charge is 2.48. The molecule has 4 heterocycles. The largest absolute Gasteiger partial charge is 0.310 e. The van der Waals surface area contributed by atoms with E-state index in [9.17, 15) is 0 Å². The van der Waals surface area contributed by atoms with Gasteiger partial charge in [-0.3, -0.25) is 0 Å². The van der Waals surface area contributed by atoms with Crippen LogP contribution in [0.1, 0.15) is 58.4 Å². The molecule has 0 radical (unpaired) electrons.